The van der Waals surface area contributed by atoms with Crippen LogP contribution in [0.15, 0.2) is 18.2 Å². The van der Waals surface area contributed by atoms with Gasteiger partial charge in [-0.1, -0.05) is 19.9 Å². The van der Waals surface area contributed by atoms with Gasteiger partial charge in [-0.05, 0) is 54.9 Å². The molecular formula is C16H23N3O2. The number of urea groups is 1. The summed E-state index contributed by atoms with van der Waals surface area (Å²) in [5, 5.41) is 5.38. The summed E-state index contributed by atoms with van der Waals surface area (Å²) in [6, 6.07) is 4.73. The van der Waals surface area contributed by atoms with Gasteiger partial charge in [0.25, 0.3) is 0 Å². The molecule has 1 aromatic rings. The van der Waals surface area contributed by atoms with Crippen molar-refractivity contribution in [2.45, 2.75) is 45.6 Å². The summed E-state index contributed by atoms with van der Waals surface area (Å²) < 4.78 is 0. The Morgan fingerprint density at radius 1 is 1.24 bits per heavy atom. The topological polar surface area (TPSA) is 84.2 Å². The zero-order valence-corrected chi connectivity index (χ0v) is 12.6. The highest BCUT2D eigenvalue weighted by molar-refractivity contribution is 5.96. The lowest BCUT2D eigenvalue weighted by atomic mass is 10.0. The summed E-state index contributed by atoms with van der Waals surface area (Å²) in [7, 11) is 0. The lowest BCUT2D eigenvalue weighted by molar-refractivity contribution is -0.118. The molecule has 1 atom stereocenters. The Bertz CT molecular complexity index is 540. The van der Waals surface area contributed by atoms with E-state index in [2.05, 4.69) is 16.7 Å². The van der Waals surface area contributed by atoms with E-state index in [0.717, 1.165) is 18.5 Å². The number of hydrogen-bond donors (Lipinski definition) is 3. The first-order chi connectivity index (χ1) is 9.95. The fourth-order valence-electron chi connectivity index (χ4n) is 2.75. The van der Waals surface area contributed by atoms with Gasteiger partial charge in [-0.3, -0.25) is 4.79 Å². The first-order valence-electron chi connectivity index (χ1n) is 7.44. The van der Waals surface area contributed by atoms with Gasteiger partial charge in [0.1, 0.15) is 6.04 Å². The number of carbonyl (C=O) groups excluding carboxylic acids is 2. The minimum absolute atomic E-state index is 0.222. The normalized spacial score (nSPS) is 14.6. The second-order valence-electron chi connectivity index (χ2n) is 6.02. The summed E-state index contributed by atoms with van der Waals surface area (Å²) in [4.78, 5) is 23.3. The second-order valence-corrected chi connectivity index (χ2v) is 6.02. The molecule has 0 aliphatic heterocycles. The van der Waals surface area contributed by atoms with Crippen LogP contribution in [-0.4, -0.2) is 18.0 Å². The first kappa shape index (κ1) is 15.4. The third-order valence-corrected chi connectivity index (χ3v) is 3.71. The van der Waals surface area contributed by atoms with Crippen molar-refractivity contribution in [1.82, 2.24) is 5.32 Å². The molecule has 5 heteroatoms. The summed E-state index contributed by atoms with van der Waals surface area (Å²) in [6.45, 7) is 4.00. The monoisotopic (exact) mass is 289 g/mol. The molecule has 1 aliphatic carbocycles. The summed E-state index contributed by atoms with van der Waals surface area (Å²) >= 11 is 0. The van der Waals surface area contributed by atoms with E-state index in [9.17, 15) is 9.59 Å². The molecule has 0 heterocycles. The maximum Gasteiger partial charge on any atom is 0.312 e. The minimum Gasteiger partial charge on any atom is -0.352 e. The molecule has 5 nitrogen and oxygen atoms in total. The SMILES string of the molecule is CC(C)C[C@@H](NC(N)=O)C(=O)Nc1ccc2c(c1)CCC2. The molecule has 114 valence electrons. The van der Waals surface area contributed by atoms with Crippen molar-refractivity contribution in [2.75, 3.05) is 5.32 Å². The maximum atomic E-state index is 12.3. The third kappa shape index (κ3) is 4.21. The van der Waals surface area contributed by atoms with Gasteiger partial charge in [0, 0.05) is 5.69 Å². The molecule has 1 aliphatic rings. The standard InChI is InChI=1S/C16H23N3O2/c1-10(2)8-14(19-16(17)21)15(20)18-13-7-6-11-4-3-5-12(11)9-13/h6-7,9-10,14H,3-5,8H2,1-2H3,(H,18,20)(H3,17,19,21)/t14-/m1/s1. The number of aryl methyl sites for hydroxylation is 2. The van der Waals surface area contributed by atoms with E-state index in [1.165, 1.54) is 17.5 Å². The fourth-order valence-corrected chi connectivity index (χ4v) is 2.75. The largest absolute Gasteiger partial charge is 0.352 e. The average Bonchev–Trinajstić information content (AvgIpc) is 2.84. The smallest absolute Gasteiger partial charge is 0.312 e. The lowest BCUT2D eigenvalue weighted by Crippen LogP contribution is -2.46. The van der Waals surface area contributed by atoms with Gasteiger partial charge < -0.3 is 16.4 Å². The highest BCUT2D eigenvalue weighted by Gasteiger charge is 2.21. The maximum absolute atomic E-state index is 12.3. The quantitative estimate of drug-likeness (QED) is 0.776. The van der Waals surface area contributed by atoms with E-state index in [-0.39, 0.29) is 11.8 Å². The number of benzene rings is 1. The predicted octanol–water partition coefficient (Wildman–Crippen LogP) is 2.20. The molecule has 0 spiro atoms. The molecule has 0 aromatic heterocycles. The van der Waals surface area contributed by atoms with Gasteiger partial charge in [-0.15, -0.1) is 0 Å². The number of hydrogen-bond acceptors (Lipinski definition) is 2. The Kier molecular flexibility index (Phi) is 4.83. The molecular weight excluding hydrogens is 266 g/mol. The number of primary amides is 1. The Labute approximate surface area is 125 Å². The van der Waals surface area contributed by atoms with Crippen molar-refractivity contribution in [1.29, 1.82) is 0 Å². The highest BCUT2D eigenvalue weighted by Crippen LogP contribution is 2.25. The van der Waals surface area contributed by atoms with E-state index < -0.39 is 12.1 Å². The van der Waals surface area contributed by atoms with Gasteiger partial charge in [-0.25, -0.2) is 4.79 Å². The second kappa shape index (κ2) is 6.61. The van der Waals surface area contributed by atoms with Crippen LogP contribution in [0, 0.1) is 5.92 Å². The molecule has 4 N–H and O–H groups in total. The van der Waals surface area contributed by atoms with Crippen LogP contribution in [0.4, 0.5) is 10.5 Å². The summed E-state index contributed by atoms with van der Waals surface area (Å²) in [5.41, 5.74) is 8.59. The van der Waals surface area contributed by atoms with Crippen LogP contribution in [0.2, 0.25) is 0 Å². The third-order valence-electron chi connectivity index (χ3n) is 3.71. The van der Waals surface area contributed by atoms with Crippen LogP contribution in [0.5, 0.6) is 0 Å². The zero-order valence-electron chi connectivity index (χ0n) is 12.6. The van der Waals surface area contributed by atoms with Crippen LogP contribution >= 0.6 is 0 Å². The van der Waals surface area contributed by atoms with E-state index in [1.807, 2.05) is 26.0 Å². The van der Waals surface area contributed by atoms with Crippen molar-refractivity contribution < 1.29 is 9.59 Å². The van der Waals surface area contributed by atoms with E-state index in [0.29, 0.717) is 6.42 Å². The van der Waals surface area contributed by atoms with Crippen LogP contribution in [-0.2, 0) is 17.6 Å². The fraction of sp³-hybridized carbons (Fsp3) is 0.500. The van der Waals surface area contributed by atoms with Crippen LogP contribution in [0.1, 0.15) is 37.8 Å². The highest BCUT2D eigenvalue weighted by atomic mass is 16.2. The van der Waals surface area contributed by atoms with Crippen molar-refractivity contribution in [3.63, 3.8) is 0 Å². The summed E-state index contributed by atoms with van der Waals surface area (Å²) in [6.07, 6.45) is 3.91. The van der Waals surface area contributed by atoms with Gasteiger partial charge in [-0.2, -0.15) is 0 Å². The number of nitrogens with two attached hydrogens (primary N) is 1. The predicted molar refractivity (Wildman–Crippen MR) is 83.1 cm³/mol. The van der Waals surface area contributed by atoms with Crippen LogP contribution < -0.4 is 16.4 Å². The van der Waals surface area contributed by atoms with Gasteiger partial charge in [0.05, 0.1) is 0 Å². The molecule has 0 bridgehead atoms. The number of fused-ring (bicyclic) bond motifs is 1. The van der Waals surface area contributed by atoms with E-state index in [1.54, 1.807) is 0 Å². The molecule has 0 fully saturated rings. The van der Waals surface area contributed by atoms with Crippen molar-refractivity contribution >= 4 is 17.6 Å². The van der Waals surface area contributed by atoms with Gasteiger partial charge in [0.15, 0.2) is 0 Å². The van der Waals surface area contributed by atoms with Gasteiger partial charge in [0.2, 0.25) is 5.91 Å². The molecule has 0 unspecified atom stereocenters. The number of amides is 3. The number of nitrogens with one attached hydrogen (secondary N) is 2. The number of anilines is 1. The van der Waals surface area contributed by atoms with E-state index >= 15 is 0 Å². The van der Waals surface area contributed by atoms with Crippen LogP contribution in [0.25, 0.3) is 0 Å². The molecule has 0 saturated heterocycles. The molecule has 3 amide bonds. The molecule has 0 saturated carbocycles. The molecule has 1 aromatic carbocycles. The number of rotatable bonds is 5. The van der Waals surface area contributed by atoms with Gasteiger partial charge >= 0.3 is 6.03 Å². The summed E-state index contributed by atoms with van der Waals surface area (Å²) in [5.74, 6) is 0.0630. The molecule has 2 rings (SSSR count). The zero-order chi connectivity index (χ0) is 15.4. The lowest BCUT2D eigenvalue weighted by Gasteiger charge is -2.19. The molecule has 0 radical (unpaired) electrons. The number of carbonyl (C=O) groups is 2. The van der Waals surface area contributed by atoms with Crippen molar-refractivity contribution in [2.24, 2.45) is 11.7 Å². The van der Waals surface area contributed by atoms with Crippen molar-refractivity contribution in [3.05, 3.63) is 29.3 Å². The Morgan fingerprint density at radius 2 is 1.95 bits per heavy atom. The van der Waals surface area contributed by atoms with Crippen molar-refractivity contribution in [3.8, 4) is 0 Å². The van der Waals surface area contributed by atoms with E-state index in [4.69, 9.17) is 5.73 Å². The van der Waals surface area contributed by atoms with Crippen LogP contribution in [0.3, 0.4) is 0 Å². The Morgan fingerprint density at radius 3 is 2.62 bits per heavy atom. The Balaban J connectivity index is 2.05. The minimum atomic E-state index is -0.676. The Hall–Kier alpha value is -2.04. The average molecular weight is 289 g/mol. The first-order valence-corrected chi connectivity index (χ1v) is 7.44. The molecule has 21 heavy (non-hydrogen) atoms.